The first-order chi connectivity index (χ1) is 28.5. The number of phosphoric ester groups is 1. The van der Waals surface area contributed by atoms with Gasteiger partial charge in [-0.2, -0.15) is 0 Å². The lowest BCUT2D eigenvalue weighted by atomic mass is 10.0. The van der Waals surface area contributed by atoms with Gasteiger partial charge < -0.3 is 25.2 Å². The van der Waals surface area contributed by atoms with Crippen molar-refractivity contribution in [1.29, 1.82) is 0 Å². The lowest BCUT2D eigenvalue weighted by Gasteiger charge is -2.20. The van der Waals surface area contributed by atoms with E-state index in [1.807, 2.05) is 6.08 Å². The van der Waals surface area contributed by atoms with Crippen LogP contribution < -0.4 is 5.73 Å². The van der Waals surface area contributed by atoms with Crippen LogP contribution in [-0.4, -0.2) is 65.7 Å². The van der Waals surface area contributed by atoms with Gasteiger partial charge in [0.1, 0.15) is 12.6 Å². The smallest absolute Gasteiger partial charge is 0.472 e. The molecule has 0 spiro atoms. The van der Waals surface area contributed by atoms with Crippen molar-refractivity contribution >= 4 is 31.5 Å². The van der Waals surface area contributed by atoms with E-state index in [9.17, 15) is 28.6 Å². The molecular formula is C46H84NO11P. The third-order valence-corrected chi connectivity index (χ3v) is 11.1. The molecule has 59 heavy (non-hydrogen) atoms. The molecule has 12 nitrogen and oxygen atoms in total. The molecular weight excluding hydrogens is 773 g/mol. The predicted molar refractivity (Wildman–Crippen MR) is 236 cm³/mol. The molecule has 0 fully saturated rings. The summed E-state index contributed by atoms with van der Waals surface area (Å²) >= 11 is 0. The van der Waals surface area contributed by atoms with Gasteiger partial charge in [0, 0.05) is 19.3 Å². The van der Waals surface area contributed by atoms with Gasteiger partial charge in [-0.05, 0) is 38.2 Å². The summed E-state index contributed by atoms with van der Waals surface area (Å²) in [5.74, 6) is -2.37. The molecule has 0 amide bonds. The molecule has 13 heteroatoms. The number of carboxylic acids is 1. The Morgan fingerprint density at radius 3 is 1.47 bits per heavy atom. The zero-order valence-electron chi connectivity index (χ0n) is 37.1. The standard InChI is InChI=1S/C46H84NO11P/c1-3-5-7-9-11-12-13-14-15-16-17-18-19-20-21-22-24-28-33-37-45(50)58-42(39-56-59(53,54)57-40-43(47)46(51)52)38-55-44(49)36-32-29-25-27-31-35-41(48)34-30-26-23-10-8-6-4-2/h23,26,30,34,42-43H,3-22,24-25,27-29,31-33,35-40,47H2,1-2H3,(H,51,52)(H,53,54)/b26-23-,34-30+/t42-,43+/m1/s1. The summed E-state index contributed by atoms with van der Waals surface area (Å²) in [5, 5.41) is 8.90. The highest BCUT2D eigenvalue weighted by Crippen LogP contribution is 2.43. The fraction of sp³-hybridized carbons (Fsp3) is 0.826. The second-order valence-electron chi connectivity index (χ2n) is 15.9. The summed E-state index contributed by atoms with van der Waals surface area (Å²) < 4.78 is 32.7. The van der Waals surface area contributed by atoms with Crippen LogP contribution in [0.4, 0.5) is 0 Å². The Labute approximate surface area is 357 Å². The number of aliphatic carboxylic acids is 1. The van der Waals surface area contributed by atoms with Crippen LogP contribution in [-0.2, 0) is 42.3 Å². The zero-order valence-corrected chi connectivity index (χ0v) is 38.0. The number of carbonyl (C=O) groups excluding carboxylic acids is 3. The molecule has 0 aromatic carbocycles. The summed E-state index contributed by atoms with van der Waals surface area (Å²) in [6, 6.07) is -1.54. The highest BCUT2D eigenvalue weighted by Gasteiger charge is 2.28. The number of allylic oxidation sites excluding steroid dienone is 4. The van der Waals surface area contributed by atoms with Gasteiger partial charge in [-0.3, -0.25) is 28.2 Å². The molecule has 0 bridgehead atoms. The second kappa shape index (κ2) is 41.0. The number of hydrogen-bond acceptors (Lipinski definition) is 10. The van der Waals surface area contributed by atoms with Crippen LogP contribution in [0.2, 0.25) is 0 Å². The van der Waals surface area contributed by atoms with Crippen molar-refractivity contribution in [3.8, 4) is 0 Å². The van der Waals surface area contributed by atoms with Crippen LogP contribution in [0, 0.1) is 0 Å². The Hall–Kier alpha value is -2.37. The number of phosphoric acid groups is 1. The van der Waals surface area contributed by atoms with Crippen molar-refractivity contribution in [3.63, 3.8) is 0 Å². The van der Waals surface area contributed by atoms with Crippen LogP contribution in [0.3, 0.4) is 0 Å². The summed E-state index contributed by atoms with van der Waals surface area (Å²) in [7, 11) is -4.74. The number of carbonyl (C=O) groups is 4. The van der Waals surface area contributed by atoms with Gasteiger partial charge in [0.15, 0.2) is 11.9 Å². The van der Waals surface area contributed by atoms with E-state index in [1.54, 1.807) is 12.2 Å². The minimum Gasteiger partial charge on any atom is -0.480 e. The molecule has 4 N–H and O–H groups in total. The molecule has 0 aromatic heterocycles. The van der Waals surface area contributed by atoms with Gasteiger partial charge in [-0.25, -0.2) is 4.57 Å². The third-order valence-electron chi connectivity index (χ3n) is 10.2. The van der Waals surface area contributed by atoms with Gasteiger partial charge >= 0.3 is 25.7 Å². The van der Waals surface area contributed by atoms with E-state index in [-0.39, 0.29) is 25.2 Å². The topological polar surface area (TPSA) is 189 Å². The van der Waals surface area contributed by atoms with E-state index in [0.29, 0.717) is 19.3 Å². The number of unbranched alkanes of at least 4 members (excludes halogenated alkanes) is 25. The maximum absolute atomic E-state index is 12.7. The number of ether oxygens (including phenoxy) is 2. The maximum atomic E-state index is 12.7. The van der Waals surface area contributed by atoms with E-state index in [1.165, 1.54) is 109 Å². The van der Waals surface area contributed by atoms with Gasteiger partial charge in [0.05, 0.1) is 13.2 Å². The quantitative estimate of drug-likeness (QED) is 0.0173. The van der Waals surface area contributed by atoms with Crippen LogP contribution >= 0.6 is 7.82 Å². The zero-order chi connectivity index (χ0) is 43.7. The van der Waals surface area contributed by atoms with Gasteiger partial charge in [0.25, 0.3) is 0 Å². The number of carboxylic acid groups (broad SMARTS) is 1. The maximum Gasteiger partial charge on any atom is 0.472 e. The highest BCUT2D eigenvalue weighted by atomic mass is 31.2. The summed E-state index contributed by atoms with van der Waals surface area (Å²) in [4.78, 5) is 58.1. The van der Waals surface area contributed by atoms with Crippen LogP contribution in [0.5, 0.6) is 0 Å². The van der Waals surface area contributed by atoms with Crippen molar-refractivity contribution in [3.05, 3.63) is 24.3 Å². The first-order valence-corrected chi connectivity index (χ1v) is 24.8. The Morgan fingerprint density at radius 1 is 0.559 bits per heavy atom. The lowest BCUT2D eigenvalue weighted by Crippen LogP contribution is -2.34. The number of hydrogen-bond donors (Lipinski definition) is 3. The minimum absolute atomic E-state index is 0.101. The summed E-state index contributed by atoms with van der Waals surface area (Å²) in [6.45, 7) is 2.66. The average molecular weight is 858 g/mol. The molecule has 0 aromatic rings. The molecule has 0 saturated heterocycles. The summed E-state index contributed by atoms with van der Waals surface area (Å²) in [6.07, 6.45) is 39.2. The predicted octanol–water partition coefficient (Wildman–Crippen LogP) is 11.8. The van der Waals surface area contributed by atoms with Crippen molar-refractivity contribution in [2.45, 2.75) is 225 Å². The molecule has 0 aliphatic heterocycles. The van der Waals surface area contributed by atoms with E-state index in [2.05, 4.69) is 24.4 Å². The summed E-state index contributed by atoms with van der Waals surface area (Å²) in [5.41, 5.74) is 5.33. The fourth-order valence-corrected chi connectivity index (χ4v) is 7.24. The van der Waals surface area contributed by atoms with Crippen molar-refractivity contribution in [1.82, 2.24) is 0 Å². The molecule has 0 saturated carbocycles. The van der Waals surface area contributed by atoms with Crippen molar-refractivity contribution in [2.24, 2.45) is 5.73 Å². The van der Waals surface area contributed by atoms with Crippen molar-refractivity contribution in [2.75, 3.05) is 19.8 Å². The molecule has 0 aliphatic carbocycles. The number of nitrogens with two attached hydrogens (primary N) is 1. The Balaban J connectivity index is 4.35. The monoisotopic (exact) mass is 858 g/mol. The average Bonchev–Trinajstić information content (AvgIpc) is 3.21. The number of ketones is 1. The lowest BCUT2D eigenvalue weighted by molar-refractivity contribution is -0.161. The Kier molecular flexibility index (Phi) is 39.4. The van der Waals surface area contributed by atoms with Crippen LogP contribution in [0.15, 0.2) is 24.3 Å². The SMILES string of the molecule is CCCCC/C=C\C=C\C(=O)CCCCCCCC(=O)OC[C@H](COP(=O)(O)OC[C@H](N)C(=O)O)OC(=O)CCCCCCCCCCCCCCCCCCCCC. The number of rotatable bonds is 44. The third kappa shape index (κ3) is 40.8. The largest absolute Gasteiger partial charge is 0.480 e. The van der Waals surface area contributed by atoms with E-state index < -0.39 is 51.1 Å². The molecule has 3 atom stereocenters. The second-order valence-corrected chi connectivity index (χ2v) is 17.4. The first-order valence-electron chi connectivity index (χ1n) is 23.3. The normalized spacial score (nSPS) is 13.8. The van der Waals surface area contributed by atoms with E-state index in [0.717, 1.165) is 57.8 Å². The first kappa shape index (κ1) is 56.6. The van der Waals surface area contributed by atoms with Crippen LogP contribution in [0.25, 0.3) is 0 Å². The fourth-order valence-electron chi connectivity index (χ4n) is 6.46. The van der Waals surface area contributed by atoms with Crippen molar-refractivity contribution < 1.29 is 52.3 Å². The Bertz CT molecular complexity index is 1160. The Morgan fingerprint density at radius 2 is 0.983 bits per heavy atom. The van der Waals surface area contributed by atoms with Crippen LogP contribution in [0.1, 0.15) is 213 Å². The van der Waals surface area contributed by atoms with Gasteiger partial charge in [-0.15, -0.1) is 0 Å². The molecule has 0 rings (SSSR count). The number of esters is 2. The van der Waals surface area contributed by atoms with E-state index >= 15 is 0 Å². The molecule has 344 valence electrons. The van der Waals surface area contributed by atoms with E-state index in [4.69, 9.17) is 24.8 Å². The molecule has 0 aliphatic rings. The molecule has 0 heterocycles. The highest BCUT2D eigenvalue weighted by molar-refractivity contribution is 7.47. The molecule has 1 unspecified atom stereocenters. The molecule has 0 radical (unpaired) electrons. The minimum atomic E-state index is -4.74. The van der Waals surface area contributed by atoms with Gasteiger partial charge in [-0.1, -0.05) is 180 Å². The van der Waals surface area contributed by atoms with Gasteiger partial charge in [0.2, 0.25) is 0 Å².